The van der Waals surface area contributed by atoms with Crippen LogP contribution in [0.2, 0.25) is 0 Å². The van der Waals surface area contributed by atoms with Gasteiger partial charge in [0.15, 0.2) is 0 Å². The molecule has 3 fully saturated rings. The summed E-state index contributed by atoms with van der Waals surface area (Å²) < 4.78 is 7.98. The highest BCUT2D eigenvalue weighted by molar-refractivity contribution is 5.96. The van der Waals surface area contributed by atoms with Gasteiger partial charge in [-0.1, -0.05) is 0 Å². The van der Waals surface area contributed by atoms with E-state index in [1.165, 1.54) is 94.9 Å². The number of nitrogens with zero attached hydrogens (tertiary/aromatic N) is 3. The van der Waals surface area contributed by atoms with Gasteiger partial charge in [-0.3, -0.25) is 9.48 Å². The second-order valence-electron chi connectivity index (χ2n) is 7.70. The predicted molar refractivity (Wildman–Crippen MR) is 107 cm³/mol. The first kappa shape index (κ1) is 17.4. The summed E-state index contributed by atoms with van der Waals surface area (Å²) >= 11 is 0. The Morgan fingerprint density at radius 2 is 1.42 bits per heavy atom. The lowest BCUT2D eigenvalue weighted by Crippen LogP contribution is -2.35. The van der Waals surface area contributed by atoms with Crippen molar-refractivity contribution in [1.29, 1.82) is 0 Å². The summed E-state index contributed by atoms with van der Waals surface area (Å²) in [5.41, 5.74) is 2.70. The van der Waals surface area contributed by atoms with Crippen LogP contribution in [0.25, 0.3) is 5.70 Å². The van der Waals surface area contributed by atoms with Crippen LogP contribution in [-0.4, -0.2) is 66.6 Å². The molecule has 1 aromatic carbocycles. The van der Waals surface area contributed by atoms with E-state index in [2.05, 4.69) is 44.7 Å². The van der Waals surface area contributed by atoms with E-state index in [9.17, 15) is 0 Å². The van der Waals surface area contributed by atoms with Crippen molar-refractivity contribution < 1.29 is 9.31 Å². The summed E-state index contributed by atoms with van der Waals surface area (Å²) in [6.45, 7) is 7.17. The van der Waals surface area contributed by atoms with Gasteiger partial charge in [0.05, 0.1) is 45.1 Å². The van der Waals surface area contributed by atoms with Crippen molar-refractivity contribution >= 4 is 11.5 Å². The minimum absolute atomic E-state index is 0.929. The summed E-state index contributed by atoms with van der Waals surface area (Å²) in [5, 5.41) is 0. The lowest BCUT2D eigenvalue weighted by atomic mass is 10.1. The topological polar surface area (TPSA) is 18.7 Å². The van der Waals surface area contributed by atoms with E-state index in [1.54, 1.807) is 7.11 Å². The quantitative estimate of drug-likeness (QED) is 0.610. The van der Waals surface area contributed by atoms with Gasteiger partial charge in [0.2, 0.25) is 0 Å². The molecule has 0 bridgehead atoms. The molecule has 3 aliphatic rings. The molecule has 3 heterocycles. The minimum atomic E-state index is 0.929. The third kappa shape index (κ3) is 3.74. The zero-order chi connectivity index (χ0) is 17.8. The second-order valence-corrected chi connectivity index (χ2v) is 7.70. The first-order chi connectivity index (χ1) is 12.8. The lowest BCUT2D eigenvalue weighted by Gasteiger charge is -2.23. The average molecular weight is 355 g/mol. The Bertz CT molecular complexity index is 657. The number of methoxy groups -OCH3 is 1. The average Bonchev–Trinajstić information content (AvgIpc) is 3.45. The molecule has 0 N–H and O–H groups in total. The SMILES string of the molecule is COc1ccc(/C(=C/C(N2CCCC2)=[N+]2CCCC2)N2CCCC2)cc1. The first-order valence-corrected chi connectivity index (χ1v) is 10.3. The van der Waals surface area contributed by atoms with E-state index in [-0.39, 0.29) is 0 Å². The fraction of sp³-hybridized carbons (Fsp3) is 0.591. The molecule has 0 radical (unpaired) electrons. The van der Waals surface area contributed by atoms with Crippen LogP contribution in [0.15, 0.2) is 30.3 Å². The number of hydrogen-bond acceptors (Lipinski definition) is 2. The largest absolute Gasteiger partial charge is 0.497 e. The molecule has 0 saturated carbocycles. The van der Waals surface area contributed by atoms with Gasteiger partial charge in [-0.25, -0.2) is 0 Å². The van der Waals surface area contributed by atoms with Gasteiger partial charge in [0.1, 0.15) is 5.75 Å². The molecule has 26 heavy (non-hydrogen) atoms. The van der Waals surface area contributed by atoms with E-state index >= 15 is 0 Å². The van der Waals surface area contributed by atoms with E-state index < -0.39 is 0 Å². The van der Waals surface area contributed by atoms with Crippen LogP contribution in [0.4, 0.5) is 0 Å². The number of amidine groups is 1. The monoisotopic (exact) mass is 354 g/mol. The van der Waals surface area contributed by atoms with Crippen LogP contribution in [-0.2, 0) is 0 Å². The van der Waals surface area contributed by atoms with Gasteiger partial charge in [0.25, 0.3) is 5.84 Å². The maximum Gasteiger partial charge on any atom is 0.273 e. The van der Waals surface area contributed by atoms with Crippen molar-refractivity contribution in [1.82, 2.24) is 9.80 Å². The van der Waals surface area contributed by atoms with Crippen molar-refractivity contribution in [2.75, 3.05) is 46.4 Å². The van der Waals surface area contributed by atoms with Gasteiger partial charge < -0.3 is 9.64 Å². The highest BCUT2D eigenvalue weighted by Gasteiger charge is 2.28. The van der Waals surface area contributed by atoms with Gasteiger partial charge in [-0.05, 0) is 68.4 Å². The highest BCUT2D eigenvalue weighted by atomic mass is 16.5. The Morgan fingerprint density at radius 1 is 0.846 bits per heavy atom. The third-order valence-electron chi connectivity index (χ3n) is 5.96. The Morgan fingerprint density at radius 3 is 2.00 bits per heavy atom. The molecule has 0 aliphatic carbocycles. The molecule has 4 heteroatoms. The summed E-state index contributed by atoms with van der Waals surface area (Å²) in [6, 6.07) is 8.61. The zero-order valence-corrected chi connectivity index (χ0v) is 16.1. The summed E-state index contributed by atoms with van der Waals surface area (Å²) in [7, 11) is 1.73. The molecule has 0 atom stereocenters. The molecule has 4 nitrogen and oxygen atoms in total. The fourth-order valence-electron chi connectivity index (χ4n) is 4.47. The van der Waals surface area contributed by atoms with E-state index in [1.807, 2.05) is 0 Å². The number of benzene rings is 1. The minimum Gasteiger partial charge on any atom is -0.497 e. The van der Waals surface area contributed by atoms with Gasteiger partial charge >= 0.3 is 0 Å². The number of hydrogen-bond donors (Lipinski definition) is 0. The van der Waals surface area contributed by atoms with Crippen molar-refractivity contribution in [2.24, 2.45) is 0 Å². The van der Waals surface area contributed by atoms with Crippen LogP contribution >= 0.6 is 0 Å². The number of rotatable bonds is 4. The lowest BCUT2D eigenvalue weighted by molar-refractivity contribution is -0.510. The zero-order valence-electron chi connectivity index (χ0n) is 16.1. The van der Waals surface area contributed by atoms with Crippen molar-refractivity contribution in [2.45, 2.75) is 38.5 Å². The predicted octanol–water partition coefficient (Wildman–Crippen LogP) is 3.43. The Balaban J connectivity index is 1.73. The van der Waals surface area contributed by atoms with Gasteiger partial charge in [-0.2, -0.15) is 0 Å². The highest BCUT2D eigenvalue weighted by Crippen LogP contribution is 2.27. The third-order valence-corrected chi connectivity index (χ3v) is 5.96. The standard InChI is InChI=1S/C22H32N3O/c1-26-20-10-8-19(9-11-20)21(23-12-2-3-13-23)18-22(24-14-4-5-15-24)25-16-6-7-17-25/h8-11,18H,2-7,12-17H2,1H3/q+1. The molecule has 140 valence electrons. The van der Waals surface area contributed by atoms with E-state index in [4.69, 9.17) is 4.74 Å². The van der Waals surface area contributed by atoms with Crippen LogP contribution in [0.5, 0.6) is 5.75 Å². The van der Waals surface area contributed by atoms with Crippen molar-refractivity contribution in [3.8, 4) is 5.75 Å². The van der Waals surface area contributed by atoms with E-state index in [0.717, 1.165) is 5.75 Å². The van der Waals surface area contributed by atoms with Gasteiger partial charge in [-0.15, -0.1) is 0 Å². The second kappa shape index (κ2) is 8.15. The van der Waals surface area contributed by atoms with Crippen LogP contribution in [0.3, 0.4) is 0 Å². The summed E-state index contributed by atoms with van der Waals surface area (Å²) in [6.07, 6.45) is 10.4. The van der Waals surface area contributed by atoms with E-state index in [0.29, 0.717) is 0 Å². The Hall–Kier alpha value is -1.97. The fourth-order valence-corrected chi connectivity index (χ4v) is 4.47. The molecule has 3 aliphatic heterocycles. The molecular formula is C22H32N3O+. The summed E-state index contributed by atoms with van der Waals surface area (Å²) in [4.78, 5) is 5.19. The molecule has 3 saturated heterocycles. The van der Waals surface area contributed by atoms with Crippen molar-refractivity contribution in [3.63, 3.8) is 0 Å². The Kier molecular flexibility index (Phi) is 5.47. The molecule has 0 amide bonds. The first-order valence-electron chi connectivity index (χ1n) is 10.3. The smallest absolute Gasteiger partial charge is 0.273 e. The van der Waals surface area contributed by atoms with Crippen LogP contribution < -0.4 is 4.74 Å². The molecule has 4 rings (SSSR count). The maximum atomic E-state index is 5.36. The molecule has 1 aromatic rings. The maximum absolute atomic E-state index is 5.36. The van der Waals surface area contributed by atoms with Crippen molar-refractivity contribution in [3.05, 3.63) is 35.9 Å². The van der Waals surface area contributed by atoms with Gasteiger partial charge in [0, 0.05) is 13.1 Å². The Labute approximate surface area is 157 Å². The van der Waals surface area contributed by atoms with Crippen LogP contribution in [0.1, 0.15) is 44.1 Å². The summed E-state index contributed by atoms with van der Waals surface area (Å²) in [5.74, 6) is 2.38. The normalized spacial score (nSPS) is 21.0. The molecule has 0 unspecified atom stereocenters. The molecule has 0 spiro atoms. The number of likely N-dealkylation sites (tertiary alicyclic amines) is 2. The number of ether oxygens (including phenoxy) is 1. The molecule has 0 aromatic heterocycles. The van der Waals surface area contributed by atoms with Crippen LogP contribution in [0, 0.1) is 0 Å². The molecular weight excluding hydrogens is 322 g/mol.